The fraction of sp³-hybridized carbons (Fsp3) is 0.364. The predicted octanol–water partition coefficient (Wildman–Crippen LogP) is 0.809. The maximum atomic E-state index is 11.7. The highest BCUT2D eigenvalue weighted by molar-refractivity contribution is 7.83. The summed E-state index contributed by atoms with van der Waals surface area (Å²) < 4.78 is 14.1. The molecule has 0 aromatic heterocycles. The van der Waals surface area contributed by atoms with Crippen LogP contribution >= 0.6 is 0 Å². The van der Waals surface area contributed by atoms with Gasteiger partial charge in [-0.05, 0) is 18.1 Å². The molecule has 16 heavy (non-hydrogen) atoms. The second-order valence-corrected chi connectivity index (χ2v) is 5.03. The Kier molecular flexibility index (Phi) is 4.64. The van der Waals surface area contributed by atoms with E-state index in [1.807, 2.05) is 19.9 Å². The van der Waals surface area contributed by atoms with Gasteiger partial charge < -0.3 is 5.73 Å². The van der Waals surface area contributed by atoms with Gasteiger partial charge in [0.15, 0.2) is 11.0 Å². The molecule has 3 N–H and O–H groups in total. The number of amides is 1. The monoisotopic (exact) mass is 240 g/mol. The van der Waals surface area contributed by atoms with Crippen molar-refractivity contribution in [1.29, 1.82) is 0 Å². The lowest BCUT2D eigenvalue weighted by Crippen LogP contribution is -2.44. The average molecular weight is 240 g/mol. The van der Waals surface area contributed by atoms with Gasteiger partial charge in [0, 0.05) is 0 Å². The van der Waals surface area contributed by atoms with Gasteiger partial charge in [0.2, 0.25) is 5.91 Å². The minimum atomic E-state index is -1.53. The molecular formula is C11H16N2O2S. The molecule has 0 saturated carbocycles. The van der Waals surface area contributed by atoms with Crippen molar-refractivity contribution in [1.82, 2.24) is 4.72 Å². The van der Waals surface area contributed by atoms with Crippen LogP contribution in [0, 0.1) is 5.92 Å². The van der Waals surface area contributed by atoms with Crippen molar-refractivity contribution in [3.63, 3.8) is 0 Å². The van der Waals surface area contributed by atoms with Gasteiger partial charge in [0.05, 0.1) is 10.9 Å². The number of rotatable bonds is 4. The lowest BCUT2D eigenvalue weighted by atomic mass is 10.1. The van der Waals surface area contributed by atoms with Gasteiger partial charge in [0.25, 0.3) is 0 Å². The lowest BCUT2D eigenvalue weighted by Gasteiger charge is -2.14. The largest absolute Gasteiger partial charge is 0.320 e. The summed E-state index contributed by atoms with van der Waals surface area (Å²) in [5.41, 5.74) is 5.64. The summed E-state index contributed by atoms with van der Waals surface area (Å²) in [7, 11) is -1.53. The van der Waals surface area contributed by atoms with Crippen molar-refractivity contribution in [3.8, 4) is 0 Å². The molecule has 0 heterocycles. The minimum Gasteiger partial charge on any atom is -0.320 e. The van der Waals surface area contributed by atoms with Crippen LogP contribution in [-0.2, 0) is 15.8 Å². The summed E-state index contributed by atoms with van der Waals surface area (Å²) >= 11 is 0. The number of hydrogen-bond acceptors (Lipinski definition) is 3. The smallest absolute Gasteiger partial charge is 0.249 e. The number of benzene rings is 1. The first-order valence-electron chi connectivity index (χ1n) is 5.05. The van der Waals surface area contributed by atoms with Gasteiger partial charge in [-0.15, -0.1) is 0 Å². The first-order valence-corrected chi connectivity index (χ1v) is 6.20. The Morgan fingerprint density at radius 3 is 2.38 bits per heavy atom. The summed E-state index contributed by atoms with van der Waals surface area (Å²) in [5.74, 6) is -0.370. The van der Waals surface area contributed by atoms with Crippen LogP contribution in [0.3, 0.4) is 0 Å². The molecule has 1 aromatic rings. The van der Waals surface area contributed by atoms with Crippen molar-refractivity contribution >= 4 is 16.9 Å². The summed E-state index contributed by atoms with van der Waals surface area (Å²) in [5, 5.41) is 0. The second kappa shape index (κ2) is 5.77. The topological polar surface area (TPSA) is 72.2 Å². The Bertz CT molecular complexity index is 379. The van der Waals surface area contributed by atoms with Gasteiger partial charge >= 0.3 is 0 Å². The molecule has 0 aliphatic carbocycles. The molecule has 0 fully saturated rings. The standard InChI is InChI=1S/C11H16N2O2S/c1-8(2)10(12)11(14)13-16(15)9-6-4-3-5-7-9/h3-8,10H,12H2,1-2H3,(H,13,14). The molecule has 0 spiro atoms. The number of carbonyl (C=O) groups is 1. The minimum absolute atomic E-state index is 0.0211. The van der Waals surface area contributed by atoms with Crippen LogP contribution in [0.4, 0.5) is 0 Å². The van der Waals surface area contributed by atoms with Crippen LogP contribution in [0.2, 0.25) is 0 Å². The Morgan fingerprint density at radius 1 is 1.31 bits per heavy atom. The molecule has 0 bridgehead atoms. The van der Waals surface area contributed by atoms with E-state index in [0.29, 0.717) is 4.90 Å². The molecule has 0 radical (unpaired) electrons. The first kappa shape index (κ1) is 12.9. The second-order valence-electron chi connectivity index (χ2n) is 3.82. The van der Waals surface area contributed by atoms with Crippen molar-refractivity contribution in [2.75, 3.05) is 0 Å². The van der Waals surface area contributed by atoms with Crippen LogP contribution < -0.4 is 10.5 Å². The molecule has 1 amide bonds. The normalized spacial score (nSPS) is 14.5. The molecule has 1 aromatic carbocycles. The van der Waals surface area contributed by atoms with E-state index in [9.17, 15) is 9.00 Å². The Morgan fingerprint density at radius 2 is 1.88 bits per heavy atom. The van der Waals surface area contributed by atoms with Crippen LogP contribution in [0.15, 0.2) is 35.2 Å². The molecular weight excluding hydrogens is 224 g/mol. The quantitative estimate of drug-likeness (QED) is 0.818. The molecule has 0 aliphatic heterocycles. The van der Waals surface area contributed by atoms with E-state index in [-0.39, 0.29) is 5.92 Å². The molecule has 5 heteroatoms. The SMILES string of the molecule is CC(C)C(N)C(=O)NS(=O)c1ccccc1. The predicted molar refractivity (Wildman–Crippen MR) is 63.8 cm³/mol. The number of nitrogens with two attached hydrogens (primary N) is 1. The third-order valence-corrected chi connectivity index (χ3v) is 3.26. The van der Waals surface area contributed by atoms with Gasteiger partial charge in [-0.1, -0.05) is 32.0 Å². The molecule has 4 nitrogen and oxygen atoms in total. The van der Waals surface area contributed by atoms with Crippen LogP contribution in [-0.4, -0.2) is 16.2 Å². The van der Waals surface area contributed by atoms with Crippen LogP contribution in [0.1, 0.15) is 13.8 Å². The summed E-state index contributed by atoms with van der Waals surface area (Å²) in [6.07, 6.45) is 0. The highest BCUT2D eigenvalue weighted by Crippen LogP contribution is 2.04. The van der Waals surface area contributed by atoms with Crippen LogP contribution in [0.5, 0.6) is 0 Å². The van der Waals surface area contributed by atoms with Gasteiger partial charge in [-0.2, -0.15) is 0 Å². The van der Waals surface area contributed by atoms with E-state index in [2.05, 4.69) is 4.72 Å². The first-order chi connectivity index (χ1) is 7.52. The Balaban J connectivity index is 2.62. The molecule has 2 atom stereocenters. The molecule has 0 aliphatic rings. The van der Waals surface area contributed by atoms with Crippen molar-refractivity contribution in [2.24, 2.45) is 11.7 Å². The Hall–Kier alpha value is -1.20. The third-order valence-electron chi connectivity index (χ3n) is 2.17. The third kappa shape index (κ3) is 3.43. The zero-order chi connectivity index (χ0) is 12.1. The average Bonchev–Trinajstić information content (AvgIpc) is 2.28. The van der Waals surface area contributed by atoms with Gasteiger partial charge in [0.1, 0.15) is 0 Å². The number of carbonyl (C=O) groups excluding carboxylic acids is 1. The zero-order valence-corrected chi connectivity index (χ0v) is 10.2. The van der Waals surface area contributed by atoms with E-state index in [1.54, 1.807) is 24.3 Å². The van der Waals surface area contributed by atoms with Crippen LogP contribution in [0.25, 0.3) is 0 Å². The highest BCUT2D eigenvalue weighted by atomic mass is 32.2. The van der Waals surface area contributed by atoms with Crippen molar-refractivity contribution in [3.05, 3.63) is 30.3 Å². The fourth-order valence-electron chi connectivity index (χ4n) is 1.07. The van der Waals surface area contributed by atoms with Gasteiger partial charge in [-0.25, -0.2) is 4.21 Å². The number of nitrogens with one attached hydrogen (secondary N) is 1. The zero-order valence-electron chi connectivity index (χ0n) is 9.34. The van der Waals surface area contributed by atoms with E-state index in [0.717, 1.165) is 0 Å². The van der Waals surface area contributed by atoms with Crippen molar-refractivity contribution < 1.29 is 9.00 Å². The fourth-order valence-corrected chi connectivity index (χ4v) is 1.91. The molecule has 88 valence electrons. The Labute approximate surface area is 97.8 Å². The number of hydrogen-bond donors (Lipinski definition) is 2. The van der Waals surface area contributed by atoms with E-state index in [1.165, 1.54) is 0 Å². The van der Waals surface area contributed by atoms with E-state index in [4.69, 9.17) is 5.73 Å². The maximum absolute atomic E-state index is 11.7. The van der Waals surface area contributed by atoms with E-state index >= 15 is 0 Å². The highest BCUT2D eigenvalue weighted by Gasteiger charge is 2.19. The van der Waals surface area contributed by atoms with Crippen molar-refractivity contribution in [2.45, 2.75) is 24.8 Å². The van der Waals surface area contributed by atoms with Gasteiger partial charge in [-0.3, -0.25) is 9.52 Å². The maximum Gasteiger partial charge on any atom is 0.249 e. The molecule has 2 unspecified atom stereocenters. The molecule has 0 saturated heterocycles. The summed E-state index contributed by atoms with van der Waals surface area (Å²) in [4.78, 5) is 12.1. The molecule has 1 rings (SSSR count). The summed E-state index contributed by atoms with van der Waals surface area (Å²) in [6.45, 7) is 3.69. The van der Waals surface area contributed by atoms with E-state index < -0.39 is 22.9 Å². The summed E-state index contributed by atoms with van der Waals surface area (Å²) in [6, 6.07) is 8.10. The lowest BCUT2D eigenvalue weighted by molar-refractivity contribution is -0.121.